The number of nitrogens with zero attached hydrogens (tertiary/aromatic N) is 2. The van der Waals surface area contributed by atoms with E-state index in [0.29, 0.717) is 5.56 Å². The second-order valence-electron chi connectivity index (χ2n) is 21.9. The second kappa shape index (κ2) is 13.6. The SMILES string of the molecule is [2H]C([2H])([2H])c1cc2c3c(c1)N(c1cc4c(cc1C)C(C)(C)CCC4(C)C)c1cc4c(cc1B3c1cc(-c3ccccc3)ccc1N2c1ccc(-c2ccccc2)cc1C)C(C)(C)CC4(C)C. The van der Waals surface area contributed by atoms with Crippen LogP contribution >= 0.6 is 0 Å². The van der Waals surface area contributed by atoms with E-state index in [1.807, 2.05) is 12.1 Å². The summed E-state index contributed by atoms with van der Waals surface area (Å²) in [5.74, 6) is 0. The van der Waals surface area contributed by atoms with Crippen molar-refractivity contribution in [2.45, 2.75) is 117 Å². The largest absolute Gasteiger partial charge is 0.311 e. The molecule has 2 aliphatic carbocycles. The zero-order chi connectivity index (χ0) is 46.5. The fraction of sp³-hybridized carbons (Fsp3) is 0.300. The molecule has 7 aromatic carbocycles. The van der Waals surface area contributed by atoms with Gasteiger partial charge in [-0.25, -0.2) is 0 Å². The molecule has 0 amide bonds. The number of hydrogen-bond donors (Lipinski definition) is 0. The van der Waals surface area contributed by atoms with Gasteiger partial charge in [-0.2, -0.15) is 0 Å². The Morgan fingerprint density at radius 2 is 0.905 bits per heavy atom. The van der Waals surface area contributed by atoms with Crippen molar-refractivity contribution >= 4 is 57.2 Å². The van der Waals surface area contributed by atoms with Gasteiger partial charge in [0.1, 0.15) is 0 Å². The maximum atomic E-state index is 9.11. The molecule has 0 aromatic heterocycles. The monoisotopic (exact) mass is 824 g/mol. The summed E-state index contributed by atoms with van der Waals surface area (Å²) in [6.45, 7) is 21.2. The summed E-state index contributed by atoms with van der Waals surface area (Å²) in [4.78, 5) is 4.87. The zero-order valence-corrected chi connectivity index (χ0v) is 38.8. The zero-order valence-electron chi connectivity index (χ0n) is 41.8. The number of hydrogen-bond acceptors (Lipinski definition) is 2. The second-order valence-corrected chi connectivity index (χ2v) is 21.9. The van der Waals surface area contributed by atoms with Crippen LogP contribution in [0, 0.1) is 20.7 Å². The molecule has 2 heterocycles. The fourth-order valence-electron chi connectivity index (χ4n) is 12.5. The van der Waals surface area contributed by atoms with Gasteiger partial charge in [-0.15, -0.1) is 0 Å². The van der Waals surface area contributed by atoms with Gasteiger partial charge in [-0.1, -0.05) is 146 Å². The first-order valence-electron chi connectivity index (χ1n) is 24.6. The van der Waals surface area contributed by atoms with Gasteiger partial charge in [-0.05, 0) is 182 Å². The van der Waals surface area contributed by atoms with Gasteiger partial charge >= 0.3 is 0 Å². The average molecular weight is 824 g/mol. The third-order valence-electron chi connectivity index (χ3n) is 15.6. The van der Waals surface area contributed by atoms with E-state index in [1.54, 1.807) is 0 Å². The summed E-state index contributed by atoms with van der Waals surface area (Å²) in [5, 5.41) is 0. The third kappa shape index (κ3) is 6.05. The van der Waals surface area contributed by atoms with Crippen LogP contribution in [0.25, 0.3) is 22.3 Å². The number of benzene rings is 7. The Kier molecular flexibility index (Phi) is 7.92. The summed E-state index contributed by atoms with van der Waals surface area (Å²) in [6.07, 6.45) is 3.29. The van der Waals surface area contributed by atoms with Gasteiger partial charge in [0.05, 0.1) is 0 Å². The molecule has 2 nitrogen and oxygen atoms in total. The minimum atomic E-state index is -2.36. The minimum absolute atomic E-state index is 0.0224. The molecule has 3 heteroatoms. The van der Waals surface area contributed by atoms with E-state index in [2.05, 4.69) is 200 Å². The van der Waals surface area contributed by atoms with Crippen LogP contribution in [-0.4, -0.2) is 6.71 Å². The molecule has 0 N–H and O–H groups in total. The van der Waals surface area contributed by atoms with Gasteiger partial charge in [0, 0.05) is 38.2 Å². The third-order valence-corrected chi connectivity index (χ3v) is 15.6. The minimum Gasteiger partial charge on any atom is -0.311 e. The lowest BCUT2D eigenvalue weighted by Crippen LogP contribution is -2.61. The van der Waals surface area contributed by atoms with Crippen LogP contribution in [0.1, 0.15) is 118 Å². The predicted octanol–water partition coefficient (Wildman–Crippen LogP) is 14.3. The van der Waals surface area contributed by atoms with Gasteiger partial charge < -0.3 is 9.80 Å². The van der Waals surface area contributed by atoms with Crippen LogP contribution in [-0.2, 0) is 21.7 Å². The van der Waals surface area contributed by atoms with Crippen molar-refractivity contribution in [2.24, 2.45) is 0 Å². The average Bonchev–Trinajstić information content (AvgIpc) is 3.46. The van der Waals surface area contributed by atoms with Crippen molar-refractivity contribution in [1.82, 2.24) is 0 Å². The summed E-state index contributed by atoms with van der Waals surface area (Å²) in [6, 6.07) is 49.0. The molecule has 63 heavy (non-hydrogen) atoms. The lowest BCUT2D eigenvalue weighted by Gasteiger charge is -2.46. The van der Waals surface area contributed by atoms with Crippen molar-refractivity contribution in [3.8, 4) is 22.3 Å². The highest BCUT2D eigenvalue weighted by atomic mass is 15.2. The molecule has 0 saturated heterocycles. The first-order chi connectivity index (χ1) is 31.1. The van der Waals surface area contributed by atoms with Crippen molar-refractivity contribution < 1.29 is 4.11 Å². The van der Waals surface area contributed by atoms with E-state index in [9.17, 15) is 0 Å². The first-order valence-corrected chi connectivity index (χ1v) is 23.1. The van der Waals surface area contributed by atoms with Crippen LogP contribution in [0.3, 0.4) is 0 Å². The summed E-state index contributed by atoms with van der Waals surface area (Å²) in [7, 11) is 0. The molecule has 4 aliphatic rings. The topological polar surface area (TPSA) is 6.48 Å². The van der Waals surface area contributed by atoms with Crippen LogP contribution in [0.5, 0.6) is 0 Å². The van der Waals surface area contributed by atoms with Crippen molar-refractivity contribution in [2.75, 3.05) is 9.80 Å². The Bertz CT molecular complexity index is 3140. The van der Waals surface area contributed by atoms with Gasteiger partial charge in [0.2, 0.25) is 0 Å². The lowest BCUT2D eigenvalue weighted by atomic mass is 9.33. The van der Waals surface area contributed by atoms with E-state index in [-0.39, 0.29) is 28.4 Å². The summed E-state index contributed by atoms with van der Waals surface area (Å²) in [5.41, 5.74) is 22.8. The first kappa shape index (κ1) is 36.7. The Hall–Kier alpha value is -5.80. The quantitative estimate of drug-likeness (QED) is 0.163. The number of anilines is 6. The Labute approximate surface area is 381 Å². The highest BCUT2D eigenvalue weighted by Crippen LogP contribution is 2.54. The van der Waals surface area contributed by atoms with Crippen LogP contribution < -0.4 is 26.2 Å². The van der Waals surface area contributed by atoms with Gasteiger partial charge in [-0.3, -0.25) is 0 Å². The molecule has 0 saturated carbocycles. The summed E-state index contributed by atoms with van der Waals surface area (Å²) >= 11 is 0. The molecule has 314 valence electrons. The molecule has 0 unspecified atom stereocenters. The Morgan fingerprint density at radius 1 is 0.429 bits per heavy atom. The Morgan fingerprint density at radius 3 is 1.49 bits per heavy atom. The summed E-state index contributed by atoms with van der Waals surface area (Å²) < 4.78 is 27.3. The molecule has 11 rings (SSSR count). The van der Waals surface area contributed by atoms with Crippen molar-refractivity contribution in [1.29, 1.82) is 0 Å². The van der Waals surface area contributed by atoms with Crippen LogP contribution in [0.15, 0.2) is 133 Å². The standard InChI is InChI=1S/C60H61BN2/c1-37-28-54-56-55(29-37)63(52-34-46-44(31-39(52)3)57(4,5)26-27-58(46,6)7)53-35-47-45(59(8,9)36-60(47,10)11)33-49(53)61(56)48-32-43(41-20-16-13-17-21-41)23-25-51(48)62(54)50-24-22-42(30-38(50)2)40-18-14-12-15-19-40/h12-25,28-35H,26-27,36H2,1-11H3/i1D3. The maximum Gasteiger partial charge on any atom is 0.252 e. The predicted molar refractivity (Wildman–Crippen MR) is 272 cm³/mol. The molecule has 0 fully saturated rings. The van der Waals surface area contributed by atoms with E-state index < -0.39 is 6.85 Å². The molecule has 0 radical (unpaired) electrons. The highest BCUT2D eigenvalue weighted by molar-refractivity contribution is 7.00. The maximum absolute atomic E-state index is 9.11. The lowest BCUT2D eigenvalue weighted by molar-refractivity contribution is 0.332. The molecule has 0 bridgehead atoms. The van der Waals surface area contributed by atoms with Crippen molar-refractivity contribution in [3.05, 3.63) is 172 Å². The number of rotatable bonds is 4. The Balaban J connectivity index is 1.27. The van der Waals surface area contributed by atoms with E-state index in [1.165, 1.54) is 49.9 Å². The van der Waals surface area contributed by atoms with Gasteiger partial charge in [0.25, 0.3) is 6.71 Å². The molecule has 2 aliphatic heterocycles. The molecular formula is C60H61BN2. The van der Waals surface area contributed by atoms with E-state index in [4.69, 9.17) is 4.11 Å². The van der Waals surface area contributed by atoms with E-state index in [0.717, 1.165) is 75.5 Å². The normalized spacial score (nSPS) is 18.9. The highest BCUT2D eigenvalue weighted by Gasteiger charge is 2.49. The van der Waals surface area contributed by atoms with Crippen LogP contribution in [0.2, 0.25) is 0 Å². The molecular weight excluding hydrogens is 759 g/mol. The van der Waals surface area contributed by atoms with Crippen molar-refractivity contribution in [3.63, 3.8) is 0 Å². The van der Waals surface area contributed by atoms with Crippen LogP contribution in [0.4, 0.5) is 34.1 Å². The van der Waals surface area contributed by atoms with E-state index >= 15 is 0 Å². The number of aryl methyl sites for hydroxylation is 3. The molecule has 0 atom stereocenters. The van der Waals surface area contributed by atoms with Gasteiger partial charge in [0.15, 0.2) is 0 Å². The smallest absolute Gasteiger partial charge is 0.252 e. The fourth-order valence-corrected chi connectivity index (χ4v) is 12.5. The molecule has 7 aromatic rings. The molecule has 0 spiro atoms. The number of fused-ring (bicyclic) bond motifs is 6.